The lowest BCUT2D eigenvalue weighted by Crippen LogP contribution is -2.62. The van der Waals surface area contributed by atoms with Gasteiger partial charge in [-0.2, -0.15) is 0 Å². The molecule has 4 amide bonds. The Morgan fingerprint density at radius 1 is 0.986 bits per heavy atom. The van der Waals surface area contributed by atoms with E-state index in [9.17, 15) is 28.0 Å². The number of piperidine rings is 1. The van der Waals surface area contributed by atoms with Crippen LogP contribution in [0.1, 0.15) is 84.9 Å². The van der Waals surface area contributed by atoms with Gasteiger partial charge in [0, 0.05) is 83.8 Å². The Balaban J connectivity index is 0.787. The van der Waals surface area contributed by atoms with E-state index in [0.717, 1.165) is 105 Å². The SMILES string of the molecule is C=C[C@@H]1CN(C(=O)c2c(C(=O)N(C)CCOCCOCCOc3cc(CN4CCC(OC5=c6sccc6=NCC5)CC4)on3)c3cc(F)c(F)cc3n2C)CCN1C(=O)[C@@H](NC(=O)[C@H](C)NC)C1CCCCC1. The molecule has 6 heterocycles. The molecule has 2 saturated heterocycles. The highest BCUT2D eigenvalue weighted by Crippen LogP contribution is 2.32. The van der Waals surface area contributed by atoms with E-state index in [-0.39, 0.29) is 105 Å². The van der Waals surface area contributed by atoms with Crippen LogP contribution in [0.2, 0.25) is 0 Å². The summed E-state index contributed by atoms with van der Waals surface area (Å²) >= 11 is 1.69. The number of carbonyl (C=O) groups is 4. The number of thiophene rings is 1. The third-order valence-electron chi connectivity index (χ3n) is 14.5. The number of nitrogens with one attached hydrogen (secondary N) is 2. The van der Waals surface area contributed by atoms with Gasteiger partial charge in [0.05, 0.1) is 66.0 Å². The number of likely N-dealkylation sites (N-methyl/N-ethyl adjacent to an activating group) is 2. The smallest absolute Gasteiger partial charge is 0.271 e. The lowest BCUT2D eigenvalue weighted by Gasteiger charge is -2.43. The molecular weight excluding hydrogens is 965 g/mol. The molecule has 0 spiro atoms. The van der Waals surface area contributed by atoms with Gasteiger partial charge in [-0.25, -0.2) is 8.78 Å². The van der Waals surface area contributed by atoms with Crippen molar-refractivity contribution in [1.82, 2.24) is 40.0 Å². The zero-order chi connectivity index (χ0) is 51.6. The van der Waals surface area contributed by atoms with Crippen LogP contribution in [0.5, 0.6) is 5.88 Å². The first kappa shape index (κ1) is 53.5. The van der Waals surface area contributed by atoms with Gasteiger partial charge in [-0.15, -0.1) is 17.9 Å². The van der Waals surface area contributed by atoms with Gasteiger partial charge in [-0.3, -0.25) is 29.1 Å². The molecule has 3 atom stereocenters. The lowest BCUT2D eigenvalue weighted by atomic mass is 9.83. The molecule has 3 aliphatic heterocycles. The predicted octanol–water partition coefficient (Wildman–Crippen LogP) is 4.01. The molecule has 4 aliphatic rings. The summed E-state index contributed by atoms with van der Waals surface area (Å²) in [5, 5.41) is 13.2. The van der Waals surface area contributed by atoms with Crippen LogP contribution in [-0.2, 0) is 37.4 Å². The summed E-state index contributed by atoms with van der Waals surface area (Å²) in [5.41, 5.74) is 0.0440. The lowest BCUT2D eigenvalue weighted by molar-refractivity contribution is -0.141. The Hall–Kier alpha value is -5.74. The number of likely N-dealkylation sites (tertiary alicyclic amines) is 1. The quantitative estimate of drug-likeness (QED) is 0.0853. The number of benzene rings is 1. The minimum absolute atomic E-state index is 0.0298. The molecule has 18 nitrogen and oxygen atoms in total. The maximum atomic E-state index is 14.9. The molecule has 3 aromatic heterocycles. The molecule has 0 bridgehead atoms. The van der Waals surface area contributed by atoms with Crippen molar-refractivity contribution >= 4 is 51.6 Å². The molecule has 1 saturated carbocycles. The summed E-state index contributed by atoms with van der Waals surface area (Å²) in [4.78, 5) is 67.8. The minimum Gasteiger partial charge on any atom is -0.493 e. The number of carbonyl (C=O) groups excluding carboxylic acids is 4. The highest BCUT2D eigenvalue weighted by Gasteiger charge is 2.41. The van der Waals surface area contributed by atoms with E-state index in [4.69, 9.17) is 23.5 Å². The van der Waals surface area contributed by atoms with Gasteiger partial charge in [-0.05, 0) is 68.2 Å². The van der Waals surface area contributed by atoms with Crippen molar-refractivity contribution in [2.24, 2.45) is 18.0 Å². The number of amides is 4. The van der Waals surface area contributed by atoms with E-state index < -0.39 is 41.6 Å². The van der Waals surface area contributed by atoms with Crippen LogP contribution >= 0.6 is 11.3 Å². The second-order valence-corrected chi connectivity index (χ2v) is 20.2. The number of ether oxygens (including phenoxy) is 4. The maximum Gasteiger partial charge on any atom is 0.271 e. The first-order valence-corrected chi connectivity index (χ1v) is 26.4. The van der Waals surface area contributed by atoms with Gasteiger partial charge >= 0.3 is 0 Å². The molecule has 0 unspecified atom stereocenters. The summed E-state index contributed by atoms with van der Waals surface area (Å²) in [6, 6.07) is 3.91. The number of aryl methyl sites for hydroxylation is 1. The van der Waals surface area contributed by atoms with Crippen LogP contribution in [0.3, 0.4) is 0 Å². The average molecular weight is 1030 g/mol. The Morgan fingerprint density at radius 3 is 2.48 bits per heavy atom. The molecular formula is C52H69F2N9O9S. The number of fused-ring (bicyclic) bond motifs is 2. The largest absolute Gasteiger partial charge is 0.493 e. The van der Waals surface area contributed by atoms with Gasteiger partial charge in [0.15, 0.2) is 17.4 Å². The van der Waals surface area contributed by atoms with Crippen molar-refractivity contribution in [3.63, 3.8) is 0 Å². The summed E-state index contributed by atoms with van der Waals surface area (Å²) in [6.45, 7) is 10.5. The second kappa shape index (κ2) is 25.0. The number of piperazine rings is 1. The van der Waals surface area contributed by atoms with Gasteiger partial charge < -0.3 is 53.4 Å². The van der Waals surface area contributed by atoms with E-state index in [1.54, 1.807) is 49.4 Å². The number of halogens is 2. The van der Waals surface area contributed by atoms with Gasteiger partial charge in [0.25, 0.3) is 17.7 Å². The molecule has 1 aromatic carbocycles. The van der Waals surface area contributed by atoms with Crippen molar-refractivity contribution in [3.8, 4) is 5.88 Å². The van der Waals surface area contributed by atoms with Gasteiger partial charge in [0.1, 0.15) is 30.2 Å². The Bertz CT molecular complexity index is 2710. The van der Waals surface area contributed by atoms with Crippen LogP contribution in [-0.4, -0.2) is 170 Å². The summed E-state index contributed by atoms with van der Waals surface area (Å²) in [5.74, 6) is -1.77. The van der Waals surface area contributed by atoms with E-state index in [0.29, 0.717) is 12.4 Å². The van der Waals surface area contributed by atoms with E-state index in [1.807, 2.05) is 0 Å². The van der Waals surface area contributed by atoms with Gasteiger partial charge in [0.2, 0.25) is 11.8 Å². The standard InChI is InChI=1S/C52H69F2N9O9S/c1-6-35-31-62(19-20-63(35)51(66)46(34-10-8-7-9-11-34)57-49(64)33(2)55-3)52(67)47-45(38-29-39(53)40(54)30-42(38)60(47)5)50(65)59(4)21-22-68-23-24-69-25-26-70-44-28-37(72-58-44)32-61-17-13-36(14-18-61)71-43-12-16-56-41-15-27-73-48(41)43/h6,15,27-30,33-36,46,55H,1,7-14,16-26,31-32H2,2-5H3,(H,57,64)/t33-,35+,46-/m0/s1. The molecule has 73 heavy (non-hydrogen) atoms. The fourth-order valence-corrected chi connectivity index (χ4v) is 11.0. The number of nitrogens with zero attached hydrogens (tertiary/aromatic N) is 7. The van der Waals surface area contributed by atoms with E-state index >= 15 is 0 Å². The third kappa shape index (κ3) is 12.8. The summed E-state index contributed by atoms with van der Waals surface area (Å²) in [7, 11) is 4.76. The van der Waals surface area contributed by atoms with Crippen molar-refractivity contribution in [2.45, 2.75) is 89.1 Å². The molecule has 4 aromatic rings. The van der Waals surface area contributed by atoms with Crippen LogP contribution in [0, 0.1) is 17.6 Å². The average Bonchev–Trinajstić information content (AvgIpc) is 4.15. The number of hydrogen-bond acceptors (Lipinski definition) is 14. The summed E-state index contributed by atoms with van der Waals surface area (Å²) in [6.07, 6.45) is 9.13. The zero-order valence-electron chi connectivity index (χ0n) is 42.4. The normalized spacial score (nSPS) is 18.8. The van der Waals surface area contributed by atoms with Gasteiger partial charge in [-0.1, -0.05) is 25.3 Å². The van der Waals surface area contributed by atoms with E-state index in [1.165, 1.54) is 21.4 Å². The highest BCUT2D eigenvalue weighted by molar-refractivity contribution is 7.07. The molecule has 396 valence electrons. The molecule has 1 aliphatic carbocycles. The molecule has 8 rings (SSSR count). The topological polar surface area (TPSA) is 186 Å². The van der Waals surface area contributed by atoms with Crippen LogP contribution < -0.4 is 25.3 Å². The first-order valence-electron chi connectivity index (χ1n) is 25.5. The Labute approximate surface area is 428 Å². The maximum absolute atomic E-state index is 14.9. The highest BCUT2D eigenvalue weighted by atomic mass is 32.1. The van der Waals surface area contributed by atoms with Crippen LogP contribution in [0.4, 0.5) is 8.78 Å². The fourth-order valence-electron chi connectivity index (χ4n) is 10.2. The van der Waals surface area contributed by atoms with Crippen molar-refractivity contribution in [2.75, 3.05) is 92.9 Å². The first-order chi connectivity index (χ1) is 35.3. The zero-order valence-corrected chi connectivity index (χ0v) is 43.2. The third-order valence-corrected chi connectivity index (χ3v) is 15.4. The van der Waals surface area contributed by atoms with E-state index in [2.05, 4.69) is 43.7 Å². The molecule has 0 radical (unpaired) electrons. The van der Waals surface area contributed by atoms with Crippen LogP contribution in [0.25, 0.3) is 16.7 Å². The number of aromatic nitrogens is 2. The molecule has 21 heteroatoms. The second-order valence-electron chi connectivity index (χ2n) is 19.3. The fraction of sp³-hybridized carbons (Fsp3) is 0.577. The minimum atomic E-state index is -1.16. The van der Waals surface area contributed by atoms with Crippen molar-refractivity contribution < 1.29 is 51.4 Å². The Kier molecular flexibility index (Phi) is 18.3. The predicted molar refractivity (Wildman–Crippen MR) is 269 cm³/mol. The monoisotopic (exact) mass is 1030 g/mol. The number of hydrogen-bond donors (Lipinski definition) is 2. The molecule has 2 N–H and O–H groups in total. The summed E-state index contributed by atoms with van der Waals surface area (Å²) < 4.78 is 61.3. The Morgan fingerprint density at radius 2 is 1.73 bits per heavy atom. The van der Waals surface area contributed by atoms with Crippen molar-refractivity contribution in [3.05, 3.63) is 80.8 Å². The molecule has 3 fully saturated rings. The van der Waals surface area contributed by atoms with Crippen LogP contribution in [0.15, 0.2) is 51.8 Å². The number of rotatable bonds is 22. The van der Waals surface area contributed by atoms with Crippen molar-refractivity contribution in [1.29, 1.82) is 0 Å².